The van der Waals surface area contributed by atoms with Gasteiger partial charge in [0.1, 0.15) is 5.00 Å². The molecule has 0 radical (unpaired) electrons. The molecule has 0 aliphatic heterocycles. The third-order valence-electron chi connectivity index (χ3n) is 6.63. The van der Waals surface area contributed by atoms with Crippen molar-refractivity contribution in [3.8, 4) is 0 Å². The molecule has 1 aromatic rings. The Hall–Kier alpha value is -2.15. The fourth-order valence-electron chi connectivity index (χ4n) is 5.10. The SMILES string of the molecule is O=C(NC1CC1)c1c(NC(=O)[C@@H]2[C@H](C(=O)O)[C@H]3C=C[C@H]2CC3)sc2c1CCC2. The van der Waals surface area contributed by atoms with Crippen molar-refractivity contribution < 1.29 is 19.5 Å². The van der Waals surface area contributed by atoms with E-state index in [0.717, 1.165) is 50.5 Å². The minimum atomic E-state index is -0.903. The maximum Gasteiger partial charge on any atom is 0.307 e. The van der Waals surface area contributed by atoms with Crippen molar-refractivity contribution in [3.63, 3.8) is 0 Å². The predicted octanol–water partition coefficient (Wildman–Crippen LogP) is 2.98. The maximum atomic E-state index is 13.2. The predicted molar refractivity (Wildman–Crippen MR) is 105 cm³/mol. The van der Waals surface area contributed by atoms with Gasteiger partial charge < -0.3 is 15.7 Å². The Kier molecular flexibility index (Phi) is 4.30. The first kappa shape index (κ1) is 17.9. The molecule has 7 heteroatoms. The summed E-state index contributed by atoms with van der Waals surface area (Å²) in [6, 6.07) is 0.253. The van der Waals surface area contributed by atoms with Crippen LogP contribution in [0.15, 0.2) is 12.2 Å². The van der Waals surface area contributed by atoms with Gasteiger partial charge >= 0.3 is 5.97 Å². The van der Waals surface area contributed by atoms with E-state index in [1.807, 2.05) is 12.2 Å². The van der Waals surface area contributed by atoms with Crippen LogP contribution in [0.1, 0.15) is 52.9 Å². The number of thiophene rings is 1. The fraction of sp³-hybridized carbons (Fsp3) is 0.571. The molecule has 2 bridgehead atoms. The van der Waals surface area contributed by atoms with Gasteiger partial charge in [0.25, 0.3) is 5.91 Å². The number of fused-ring (bicyclic) bond motifs is 3. The minimum absolute atomic E-state index is 0.0401. The van der Waals surface area contributed by atoms with E-state index in [9.17, 15) is 19.5 Å². The highest BCUT2D eigenvalue weighted by atomic mass is 32.1. The van der Waals surface area contributed by atoms with Gasteiger partial charge in [-0.1, -0.05) is 12.2 Å². The average molecular weight is 401 g/mol. The molecule has 6 rings (SSSR count). The Bertz CT molecular complexity index is 885. The standard InChI is InChI=1S/C21H24N2O4S/c24-18(15-10-4-6-11(7-5-10)16(15)21(26)27)23-20-17(19(25)22-12-8-9-12)13-2-1-3-14(13)28-20/h4,6,10-12,15-16H,1-3,5,7-9H2,(H,22,25)(H,23,24)(H,26,27)/t10-,11-,15-,16+/m0/s1. The van der Waals surface area contributed by atoms with Gasteiger partial charge in [-0.3, -0.25) is 14.4 Å². The van der Waals surface area contributed by atoms with Crippen molar-refractivity contribution in [2.45, 2.75) is 51.0 Å². The second kappa shape index (κ2) is 6.72. The number of hydrogen-bond donors (Lipinski definition) is 3. The van der Waals surface area contributed by atoms with Crippen molar-refractivity contribution in [2.24, 2.45) is 23.7 Å². The van der Waals surface area contributed by atoms with E-state index in [1.54, 1.807) is 0 Å². The van der Waals surface area contributed by atoms with Gasteiger partial charge in [-0.2, -0.15) is 0 Å². The molecule has 5 aliphatic carbocycles. The monoisotopic (exact) mass is 400 g/mol. The largest absolute Gasteiger partial charge is 0.481 e. The molecule has 0 saturated heterocycles. The highest BCUT2D eigenvalue weighted by Crippen LogP contribution is 2.46. The number of carboxylic acid groups (broad SMARTS) is 1. The Morgan fingerprint density at radius 1 is 1.00 bits per heavy atom. The molecule has 0 spiro atoms. The summed E-state index contributed by atoms with van der Waals surface area (Å²) in [5.74, 6) is -2.63. The molecule has 1 heterocycles. The van der Waals surface area contributed by atoms with E-state index < -0.39 is 17.8 Å². The van der Waals surface area contributed by atoms with Crippen LogP contribution in [0.25, 0.3) is 0 Å². The number of aryl methyl sites for hydroxylation is 1. The second-order valence-electron chi connectivity index (χ2n) is 8.48. The number of nitrogens with one attached hydrogen (secondary N) is 2. The van der Waals surface area contributed by atoms with Gasteiger partial charge in [-0.15, -0.1) is 11.3 Å². The van der Waals surface area contributed by atoms with E-state index in [2.05, 4.69) is 10.6 Å². The molecule has 0 unspecified atom stereocenters. The Morgan fingerprint density at radius 2 is 1.71 bits per heavy atom. The van der Waals surface area contributed by atoms with Gasteiger partial charge in [0.2, 0.25) is 5.91 Å². The summed E-state index contributed by atoms with van der Waals surface area (Å²) in [6.07, 6.45) is 10.5. The molecular weight excluding hydrogens is 376 g/mol. The van der Waals surface area contributed by atoms with Crippen molar-refractivity contribution in [1.82, 2.24) is 5.32 Å². The van der Waals surface area contributed by atoms with Crippen molar-refractivity contribution in [1.29, 1.82) is 0 Å². The van der Waals surface area contributed by atoms with E-state index in [4.69, 9.17) is 0 Å². The zero-order valence-corrected chi connectivity index (χ0v) is 16.4. The first-order valence-corrected chi connectivity index (χ1v) is 11.0. The summed E-state index contributed by atoms with van der Waals surface area (Å²) in [5.41, 5.74) is 1.68. The summed E-state index contributed by atoms with van der Waals surface area (Å²) in [5, 5.41) is 16.3. The quantitative estimate of drug-likeness (QED) is 0.662. The third-order valence-corrected chi connectivity index (χ3v) is 7.84. The molecule has 2 amide bonds. The van der Waals surface area contributed by atoms with Crippen LogP contribution in [0.4, 0.5) is 5.00 Å². The Labute approximate surface area is 167 Å². The highest BCUT2D eigenvalue weighted by molar-refractivity contribution is 7.17. The lowest BCUT2D eigenvalue weighted by atomic mass is 9.62. The van der Waals surface area contributed by atoms with Crippen molar-refractivity contribution in [3.05, 3.63) is 28.2 Å². The number of carboxylic acids is 1. The van der Waals surface area contributed by atoms with Crippen LogP contribution in [0.3, 0.4) is 0 Å². The molecule has 5 aliphatic rings. The van der Waals surface area contributed by atoms with Crippen LogP contribution in [-0.4, -0.2) is 28.9 Å². The van der Waals surface area contributed by atoms with Gasteiger partial charge in [-0.25, -0.2) is 0 Å². The molecular formula is C21H24N2O4S. The summed E-state index contributed by atoms with van der Waals surface area (Å²) < 4.78 is 0. The van der Waals surface area contributed by atoms with E-state index in [0.29, 0.717) is 10.6 Å². The maximum absolute atomic E-state index is 13.2. The second-order valence-corrected chi connectivity index (χ2v) is 9.58. The zero-order valence-electron chi connectivity index (χ0n) is 15.6. The van der Waals surface area contributed by atoms with Crippen LogP contribution < -0.4 is 10.6 Å². The molecule has 2 fully saturated rings. The lowest BCUT2D eigenvalue weighted by Crippen LogP contribution is -2.47. The molecule has 28 heavy (non-hydrogen) atoms. The number of hydrogen-bond acceptors (Lipinski definition) is 4. The number of carbonyl (C=O) groups excluding carboxylic acids is 2. The average Bonchev–Trinajstić information content (AvgIpc) is 3.26. The Morgan fingerprint density at radius 3 is 2.36 bits per heavy atom. The first-order valence-electron chi connectivity index (χ1n) is 10.2. The molecule has 148 valence electrons. The third kappa shape index (κ3) is 2.96. The van der Waals surface area contributed by atoms with E-state index in [-0.39, 0.29) is 29.7 Å². The highest BCUT2D eigenvalue weighted by Gasteiger charge is 2.48. The van der Waals surface area contributed by atoms with Crippen LogP contribution in [0, 0.1) is 23.7 Å². The van der Waals surface area contributed by atoms with Crippen molar-refractivity contribution in [2.75, 3.05) is 5.32 Å². The number of carbonyl (C=O) groups is 3. The lowest BCUT2D eigenvalue weighted by Gasteiger charge is -2.41. The molecule has 0 aromatic carbocycles. The van der Waals surface area contributed by atoms with Gasteiger partial charge in [0.05, 0.1) is 17.4 Å². The van der Waals surface area contributed by atoms with Gasteiger partial charge in [0, 0.05) is 10.9 Å². The number of allylic oxidation sites excluding steroid dienone is 2. The molecule has 1 aromatic heterocycles. The normalized spacial score (nSPS) is 30.1. The number of amides is 2. The lowest BCUT2D eigenvalue weighted by molar-refractivity contribution is -0.151. The molecule has 4 atom stereocenters. The summed E-state index contributed by atoms with van der Waals surface area (Å²) >= 11 is 1.49. The van der Waals surface area contributed by atoms with Crippen LogP contribution in [0.5, 0.6) is 0 Å². The number of aliphatic carboxylic acids is 1. The van der Waals surface area contributed by atoms with Gasteiger partial charge in [0.15, 0.2) is 0 Å². The summed E-state index contributed by atoms with van der Waals surface area (Å²) in [4.78, 5) is 39.0. The molecule has 6 nitrogen and oxygen atoms in total. The smallest absolute Gasteiger partial charge is 0.307 e. The van der Waals surface area contributed by atoms with Gasteiger partial charge in [-0.05, 0) is 62.3 Å². The van der Waals surface area contributed by atoms with E-state index in [1.165, 1.54) is 16.2 Å². The summed E-state index contributed by atoms with van der Waals surface area (Å²) in [7, 11) is 0. The number of anilines is 1. The number of rotatable bonds is 5. The fourth-order valence-corrected chi connectivity index (χ4v) is 6.39. The molecule has 3 N–H and O–H groups in total. The summed E-state index contributed by atoms with van der Waals surface area (Å²) in [6.45, 7) is 0. The minimum Gasteiger partial charge on any atom is -0.481 e. The van der Waals surface area contributed by atoms with Crippen LogP contribution in [0.2, 0.25) is 0 Å². The van der Waals surface area contributed by atoms with Crippen molar-refractivity contribution >= 4 is 34.1 Å². The zero-order chi connectivity index (χ0) is 19.4. The molecule has 2 saturated carbocycles. The topological polar surface area (TPSA) is 95.5 Å². The Balaban J connectivity index is 1.43. The first-order chi connectivity index (χ1) is 13.5. The van der Waals surface area contributed by atoms with E-state index >= 15 is 0 Å². The van der Waals surface area contributed by atoms with Crippen LogP contribution >= 0.6 is 11.3 Å². The van der Waals surface area contributed by atoms with Crippen LogP contribution in [-0.2, 0) is 22.4 Å².